The van der Waals surface area contributed by atoms with Crippen molar-refractivity contribution in [2.75, 3.05) is 5.32 Å². The van der Waals surface area contributed by atoms with Crippen molar-refractivity contribution in [2.24, 2.45) is 0 Å². The number of aromatic nitrogens is 1. The number of hydrogen-bond donors (Lipinski definition) is 2. The van der Waals surface area contributed by atoms with E-state index >= 15 is 0 Å². The van der Waals surface area contributed by atoms with Crippen molar-refractivity contribution >= 4 is 50.4 Å². The Bertz CT molecular complexity index is 1410. The second-order valence-corrected chi connectivity index (χ2v) is 8.99. The summed E-state index contributed by atoms with van der Waals surface area (Å²) in [6, 6.07) is 31.6. The lowest BCUT2D eigenvalue weighted by Gasteiger charge is -2.07. The van der Waals surface area contributed by atoms with E-state index in [4.69, 9.17) is 16.6 Å². The van der Waals surface area contributed by atoms with Crippen LogP contribution in [0.5, 0.6) is 0 Å². The van der Waals surface area contributed by atoms with Crippen LogP contribution in [0.15, 0.2) is 97.1 Å². The van der Waals surface area contributed by atoms with Crippen LogP contribution < -0.4 is 10.6 Å². The van der Waals surface area contributed by atoms with Crippen molar-refractivity contribution in [1.29, 1.82) is 0 Å². The molecule has 6 heteroatoms. The number of benzene rings is 4. The molecule has 5 rings (SSSR count). The van der Waals surface area contributed by atoms with Gasteiger partial charge in [-0.1, -0.05) is 89.7 Å². The number of carbonyl (C=O) groups excluding carboxylic acids is 1. The number of nitrogens with zero attached hydrogens (tertiary/aromatic N) is 1. The molecule has 0 atom stereocenters. The molecule has 5 aromatic rings. The fourth-order valence-corrected chi connectivity index (χ4v) is 4.64. The van der Waals surface area contributed by atoms with Crippen LogP contribution in [0.4, 0.5) is 10.8 Å². The first-order valence-corrected chi connectivity index (χ1v) is 11.7. The number of nitrogens with one attached hydrogen (secondary N) is 2. The minimum absolute atomic E-state index is 0.149. The van der Waals surface area contributed by atoms with Gasteiger partial charge in [0, 0.05) is 22.8 Å². The van der Waals surface area contributed by atoms with Gasteiger partial charge in [-0.3, -0.25) is 4.79 Å². The standard InChI is InChI=1S/C27H20ClN3OS/c28-22-12-14-23(15-13-22)30-27-31-24(20-7-2-1-3-8-20)25(33-27)26(32)29-17-18-10-11-19-6-4-5-9-21(19)16-18/h1-16H,17H2,(H,29,32)(H,30,31). The molecule has 0 fully saturated rings. The molecule has 0 saturated carbocycles. The molecule has 0 aliphatic heterocycles. The molecule has 4 aromatic carbocycles. The van der Waals surface area contributed by atoms with E-state index in [9.17, 15) is 4.79 Å². The van der Waals surface area contributed by atoms with Gasteiger partial charge >= 0.3 is 0 Å². The fraction of sp³-hybridized carbons (Fsp3) is 0.0370. The van der Waals surface area contributed by atoms with Gasteiger partial charge in [0.2, 0.25) is 0 Å². The molecule has 1 aromatic heterocycles. The maximum atomic E-state index is 13.2. The quantitative estimate of drug-likeness (QED) is 0.274. The Kier molecular flexibility index (Phi) is 6.07. The summed E-state index contributed by atoms with van der Waals surface area (Å²) < 4.78 is 0. The second-order valence-electron chi connectivity index (χ2n) is 7.56. The van der Waals surface area contributed by atoms with E-state index in [0.717, 1.165) is 22.2 Å². The summed E-state index contributed by atoms with van der Waals surface area (Å²) in [6.07, 6.45) is 0. The van der Waals surface area contributed by atoms with Crippen LogP contribution >= 0.6 is 22.9 Å². The van der Waals surface area contributed by atoms with Crippen molar-refractivity contribution in [2.45, 2.75) is 6.54 Å². The molecule has 33 heavy (non-hydrogen) atoms. The Balaban J connectivity index is 1.40. The smallest absolute Gasteiger partial charge is 0.264 e. The van der Waals surface area contributed by atoms with Gasteiger partial charge in [-0.15, -0.1) is 0 Å². The number of carbonyl (C=O) groups is 1. The molecule has 162 valence electrons. The van der Waals surface area contributed by atoms with Crippen LogP contribution in [0.2, 0.25) is 5.02 Å². The SMILES string of the molecule is O=C(NCc1ccc2ccccc2c1)c1sc(Nc2ccc(Cl)cc2)nc1-c1ccccc1. The summed E-state index contributed by atoms with van der Waals surface area (Å²) in [6.45, 7) is 0.440. The maximum absolute atomic E-state index is 13.2. The largest absolute Gasteiger partial charge is 0.347 e. The highest BCUT2D eigenvalue weighted by Gasteiger charge is 2.19. The van der Waals surface area contributed by atoms with Gasteiger partial charge in [0.15, 0.2) is 5.13 Å². The van der Waals surface area contributed by atoms with Gasteiger partial charge < -0.3 is 10.6 Å². The minimum Gasteiger partial charge on any atom is -0.347 e. The Morgan fingerprint density at radius 1 is 0.848 bits per heavy atom. The lowest BCUT2D eigenvalue weighted by Crippen LogP contribution is -2.22. The third kappa shape index (κ3) is 4.90. The third-order valence-corrected chi connectivity index (χ3v) is 6.46. The topological polar surface area (TPSA) is 54.0 Å². The van der Waals surface area contributed by atoms with E-state index in [1.165, 1.54) is 16.7 Å². The Labute approximate surface area is 200 Å². The fourth-order valence-electron chi connectivity index (χ4n) is 3.59. The summed E-state index contributed by atoms with van der Waals surface area (Å²) in [7, 11) is 0. The molecule has 0 radical (unpaired) electrons. The van der Waals surface area contributed by atoms with E-state index in [-0.39, 0.29) is 5.91 Å². The second kappa shape index (κ2) is 9.45. The van der Waals surface area contributed by atoms with Crippen LogP contribution in [-0.4, -0.2) is 10.9 Å². The normalized spacial score (nSPS) is 10.8. The average Bonchev–Trinajstić information content (AvgIpc) is 3.28. The monoisotopic (exact) mass is 469 g/mol. The predicted octanol–water partition coefficient (Wildman–Crippen LogP) is 7.29. The lowest BCUT2D eigenvalue weighted by molar-refractivity contribution is 0.0955. The first-order chi connectivity index (χ1) is 16.2. The molecule has 1 amide bonds. The van der Waals surface area contributed by atoms with Crippen molar-refractivity contribution < 1.29 is 4.79 Å². The summed E-state index contributed by atoms with van der Waals surface area (Å²) in [5, 5.41) is 9.98. The van der Waals surface area contributed by atoms with Crippen molar-refractivity contribution in [3.8, 4) is 11.3 Å². The highest BCUT2D eigenvalue weighted by molar-refractivity contribution is 7.18. The summed E-state index contributed by atoms with van der Waals surface area (Å²) in [4.78, 5) is 18.5. The van der Waals surface area contributed by atoms with Crippen LogP contribution in [0.3, 0.4) is 0 Å². The van der Waals surface area contributed by atoms with Crippen LogP contribution in [0, 0.1) is 0 Å². The molecule has 0 bridgehead atoms. The number of halogens is 1. The zero-order valence-corrected chi connectivity index (χ0v) is 19.2. The molecule has 0 unspecified atom stereocenters. The Hall–Kier alpha value is -3.67. The molecule has 0 aliphatic carbocycles. The van der Waals surface area contributed by atoms with Gasteiger partial charge in [0.1, 0.15) is 4.88 Å². The molecular formula is C27H20ClN3OS. The molecule has 0 saturated heterocycles. The number of hydrogen-bond acceptors (Lipinski definition) is 4. The number of rotatable bonds is 6. The van der Waals surface area contributed by atoms with Gasteiger partial charge in [0.05, 0.1) is 5.69 Å². The van der Waals surface area contributed by atoms with Crippen LogP contribution in [0.25, 0.3) is 22.0 Å². The average molecular weight is 470 g/mol. The molecule has 2 N–H and O–H groups in total. The molecule has 0 spiro atoms. The van der Waals surface area contributed by atoms with Gasteiger partial charge in [0.25, 0.3) is 5.91 Å². The Morgan fingerprint density at radius 2 is 1.58 bits per heavy atom. The highest BCUT2D eigenvalue weighted by Crippen LogP contribution is 2.33. The number of anilines is 2. The van der Waals surface area contributed by atoms with Crippen LogP contribution in [-0.2, 0) is 6.54 Å². The van der Waals surface area contributed by atoms with Crippen molar-refractivity contribution in [1.82, 2.24) is 10.3 Å². The van der Waals surface area contributed by atoms with Crippen molar-refractivity contribution in [3.63, 3.8) is 0 Å². The van der Waals surface area contributed by atoms with E-state index in [0.29, 0.717) is 27.3 Å². The van der Waals surface area contributed by atoms with Crippen LogP contribution in [0.1, 0.15) is 15.2 Å². The summed E-state index contributed by atoms with van der Waals surface area (Å²) >= 11 is 7.32. The van der Waals surface area contributed by atoms with Gasteiger partial charge in [-0.05, 0) is 46.7 Å². The molecule has 0 aliphatic rings. The zero-order valence-electron chi connectivity index (χ0n) is 17.6. The maximum Gasteiger partial charge on any atom is 0.264 e. The van der Waals surface area contributed by atoms with E-state index in [1.807, 2.05) is 72.8 Å². The van der Waals surface area contributed by atoms with E-state index in [1.54, 1.807) is 0 Å². The first-order valence-electron chi connectivity index (χ1n) is 10.5. The number of fused-ring (bicyclic) bond motifs is 1. The summed E-state index contributed by atoms with van der Waals surface area (Å²) in [5.41, 5.74) is 3.46. The minimum atomic E-state index is -0.149. The highest BCUT2D eigenvalue weighted by atomic mass is 35.5. The lowest BCUT2D eigenvalue weighted by atomic mass is 10.1. The van der Waals surface area contributed by atoms with E-state index in [2.05, 4.69) is 34.9 Å². The van der Waals surface area contributed by atoms with E-state index < -0.39 is 0 Å². The van der Waals surface area contributed by atoms with Gasteiger partial charge in [-0.25, -0.2) is 4.98 Å². The predicted molar refractivity (Wildman–Crippen MR) is 137 cm³/mol. The summed E-state index contributed by atoms with van der Waals surface area (Å²) in [5.74, 6) is -0.149. The Morgan fingerprint density at radius 3 is 2.36 bits per heavy atom. The van der Waals surface area contributed by atoms with Gasteiger partial charge in [-0.2, -0.15) is 0 Å². The number of amides is 1. The number of thiazole rings is 1. The molecule has 1 heterocycles. The molecular weight excluding hydrogens is 450 g/mol. The molecule has 4 nitrogen and oxygen atoms in total. The van der Waals surface area contributed by atoms with Crippen molar-refractivity contribution in [3.05, 3.63) is 113 Å². The first kappa shape index (κ1) is 21.2. The zero-order chi connectivity index (χ0) is 22.6. The third-order valence-electron chi connectivity index (χ3n) is 5.24.